The number of benzene rings is 5. The van der Waals surface area contributed by atoms with Gasteiger partial charge in [-0.25, -0.2) is 0 Å². The molecule has 0 aliphatic carbocycles. The topological polar surface area (TPSA) is 185 Å². The average Bonchev–Trinajstić information content (AvgIpc) is 2.94. The molecule has 0 spiro atoms. The molecule has 0 saturated heterocycles. The fraction of sp³-hybridized carbons (Fsp3) is 0.0345. The molecule has 0 radical (unpaired) electrons. The van der Waals surface area contributed by atoms with Gasteiger partial charge in [-0.1, -0.05) is 54.6 Å². The number of aromatic hydroxyl groups is 4. The van der Waals surface area contributed by atoms with E-state index in [1.807, 2.05) is 6.92 Å². The summed E-state index contributed by atoms with van der Waals surface area (Å²) in [6.45, 7) is 1.83. The van der Waals surface area contributed by atoms with Gasteiger partial charge in [-0.15, -0.1) is 20.5 Å². The van der Waals surface area contributed by atoms with Crippen molar-refractivity contribution in [3.05, 3.63) is 103 Å². The molecule has 5 aromatic carbocycles. The van der Waals surface area contributed by atoms with Crippen molar-refractivity contribution in [1.29, 1.82) is 0 Å². The van der Waals surface area contributed by atoms with Gasteiger partial charge < -0.3 is 20.4 Å². The van der Waals surface area contributed by atoms with E-state index in [9.17, 15) is 33.4 Å². The van der Waals surface area contributed by atoms with E-state index in [1.165, 1.54) is 24.3 Å². The molecule has 0 amide bonds. The fourth-order valence-corrected chi connectivity index (χ4v) is 4.37. The summed E-state index contributed by atoms with van der Waals surface area (Å²) >= 11 is 0. The molecule has 5 N–H and O–H groups in total. The first-order valence-electron chi connectivity index (χ1n) is 12.0. The molecule has 0 saturated carbocycles. The summed E-state index contributed by atoms with van der Waals surface area (Å²) in [6, 6.07) is 25.2. The standard InChI is InChI=1S/C17H14N2O5S.C12H10N2O2/c1-10-6-7-14(20)13(8-10)18-19-17-12-5-3-2-4-11(12)16(9-15(17)21)25(22,23)24;15-11-7-3-1-5-9(11)13-14-10-6-2-4-8-12(10)16/h2-9,20-21H,1H3,(H,22,23,24);1-8,15-16H. The highest BCUT2D eigenvalue weighted by atomic mass is 32.2. The summed E-state index contributed by atoms with van der Waals surface area (Å²) in [6.07, 6.45) is 0. The van der Waals surface area contributed by atoms with Crippen molar-refractivity contribution >= 4 is 43.6 Å². The molecule has 0 unspecified atom stereocenters. The van der Waals surface area contributed by atoms with Crippen molar-refractivity contribution in [2.24, 2.45) is 20.5 Å². The molecule has 41 heavy (non-hydrogen) atoms. The molecule has 12 heteroatoms. The van der Waals surface area contributed by atoms with Crippen LogP contribution in [0.1, 0.15) is 5.56 Å². The lowest BCUT2D eigenvalue weighted by Crippen LogP contribution is -1.99. The van der Waals surface area contributed by atoms with E-state index < -0.39 is 20.8 Å². The van der Waals surface area contributed by atoms with E-state index >= 15 is 0 Å². The minimum atomic E-state index is -4.52. The van der Waals surface area contributed by atoms with E-state index in [-0.39, 0.29) is 34.0 Å². The van der Waals surface area contributed by atoms with Gasteiger partial charge in [-0.05, 0) is 48.9 Å². The number of nitrogens with zero attached hydrogens (tertiary/aromatic N) is 4. The van der Waals surface area contributed by atoms with Crippen LogP contribution in [0.4, 0.5) is 22.7 Å². The van der Waals surface area contributed by atoms with E-state index in [0.717, 1.165) is 11.6 Å². The summed E-state index contributed by atoms with van der Waals surface area (Å²) in [4.78, 5) is -0.419. The molecule has 0 aliphatic heterocycles. The number of hydrogen-bond acceptors (Lipinski definition) is 10. The Hall–Kier alpha value is -5.33. The Kier molecular flexibility index (Phi) is 8.56. The highest BCUT2D eigenvalue weighted by Crippen LogP contribution is 2.40. The fourth-order valence-electron chi connectivity index (χ4n) is 3.65. The molecular formula is C29H24N4O7S. The van der Waals surface area contributed by atoms with Crippen molar-refractivity contribution in [2.45, 2.75) is 11.8 Å². The second-order valence-electron chi connectivity index (χ2n) is 8.63. The Morgan fingerprint density at radius 3 is 1.59 bits per heavy atom. The second-order valence-corrected chi connectivity index (χ2v) is 10.0. The van der Waals surface area contributed by atoms with Gasteiger partial charge in [0.15, 0.2) is 0 Å². The quantitative estimate of drug-likeness (QED) is 0.105. The molecule has 0 atom stereocenters. The molecule has 0 aromatic heterocycles. The lowest BCUT2D eigenvalue weighted by atomic mass is 10.1. The van der Waals surface area contributed by atoms with Gasteiger partial charge in [-0.2, -0.15) is 8.42 Å². The van der Waals surface area contributed by atoms with E-state index in [4.69, 9.17) is 0 Å². The smallest absolute Gasteiger partial charge is 0.295 e. The number of azo groups is 2. The van der Waals surface area contributed by atoms with Gasteiger partial charge in [0.05, 0.1) is 0 Å². The zero-order valence-electron chi connectivity index (χ0n) is 21.5. The van der Waals surface area contributed by atoms with E-state index in [2.05, 4.69) is 20.5 Å². The number of phenolic OH excluding ortho intramolecular Hbond substituents is 4. The van der Waals surface area contributed by atoms with Gasteiger partial charge >= 0.3 is 0 Å². The van der Waals surface area contributed by atoms with Crippen LogP contribution in [0.2, 0.25) is 0 Å². The lowest BCUT2D eigenvalue weighted by molar-refractivity contribution is 0.468. The van der Waals surface area contributed by atoms with Crippen LogP contribution in [0, 0.1) is 6.92 Å². The highest BCUT2D eigenvalue weighted by Gasteiger charge is 2.19. The maximum atomic E-state index is 11.5. The molecular weight excluding hydrogens is 548 g/mol. The first-order valence-corrected chi connectivity index (χ1v) is 13.4. The average molecular weight is 573 g/mol. The lowest BCUT2D eigenvalue weighted by Gasteiger charge is -2.08. The number of fused-ring (bicyclic) bond motifs is 1. The van der Waals surface area contributed by atoms with E-state index in [1.54, 1.807) is 66.7 Å². The van der Waals surface area contributed by atoms with E-state index in [0.29, 0.717) is 16.8 Å². The molecule has 5 aromatic rings. The maximum Gasteiger partial charge on any atom is 0.295 e. The summed E-state index contributed by atoms with van der Waals surface area (Å²) in [5.41, 5.74) is 1.84. The number of rotatable bonds is 5. The largest absolute Gasteiger partial charge is 0.506 e. The third kappa shape index (κ3) is 7.01. The van der Waals surface area contributed by atoms with Gasteiger partial charge in [-0.3, -0.25) is 4.55 Å². The van der Waals surface area contributed by atoms with Crippen molar-refractivity contribution in [1.82, 2.24) is 0 Å². The minimum Gasteiger partial charge on any atom is -0.506 e. The Morgan fingerprint density at radius 1 is 0.537 bits per heavy atom. The third-order valence-corrected chi connectivity index (χ3v) is 6.55. The Morgan fingerprint density at radius 2 is 1.02 bits per heavy atom. The van der Waals surface area contributed by atoms with Crippen LogP contribution in [0.3, 0.4) is 0 Å². The van der Waals surface area contributed by atoms with Gasteiger partial charge in [0, 0.05) is 16.8 Å². The van der Waals surface area contributed by atoms with Gasteiger partial charge in [0.1, 0.15) is 50.6 Å². The van der Waals surface area contributed by atoms with Crippen molar-refractivity contribution < 1.29 is 33.4 Å². The minimum absolute atomic E-state index is 0.0314. The molecule has 0 fully saturated rings. The van der Waals surface area contributed by atoms with Crippen LogP contribution in [0.5, 0.6) is 23.0 Å². The SMILES string of the molecule is Cc1ccc(O)c(N=Nc2c(O)cc(S(=O)(=O)O)c3ccccc23)c1.Oc1ccccc1N=Nc1ccccc1O. The Labute approximate surface area is 234 Å². The van der Waals surface area contributed by atoms with Crippen LogP contribution in [-0.2, 0) is 10.1 Å². The zero-order valence-corrected chi connectivity index (χ0v) is 22.3. The number of hydrogen-bond donors (Lipinski definition) is 5. The summed E-state index contributed by atoms with van der Waals surface area (Å²) in [5, 5.41) is 55.0. The third-order valence-electron chi connectivity index (χ3n) is 5.65. The number of para-hydroxylation sites is 2. The molecule has 0 bridgehead atoms. The first kappa shape index (κ1) is 28.7. The Balaban J connectivity index is 0.000000208. The normalized spacial score (nSPS) is 11.6. The Bertz CT molecular complexity index is 1840. The van der Waals surface area contributed by atoms with Crippen LogP contribution >= 0.6 is 0 Å². The second kappa shape index (κ2) is 12.2. The van der Waals surface area contributed by atoms with Crippen LogP contribution in [-0.4, -0.2) is 33.4 Å². The van der Waals surface area contributed by atoms with Crippen molar-refractivity contribution in [3.8, 4) is 23.0 Å². The summed E-state index contributed by atoms with van der Waals surface area (Å²) in [7, 11) is -4.52. The highest BCUT2D eigenvalue weighted by molar-refractivity contribution is 7.86. The monoisotopic (exact) mass is 572 g/mol. The van der Waals surface area contributed by atoms with Crippen molar-refractivity contribution in [2.75, 3.05) is 0 Å². The van der Waals surface area contributed by atoms with Crippen LogP contribution < -0.4 is 0 Å². The summed E-state index contributed by atoms with van der Waals surface area (Å²) in [5.74, 6) is -0.418. The predicted molar refractivity (Wildman–Crippen MR) is 153 cm³/mol. The first-order chi connectivity index (χ1) is 19.5. The molecule has 0 aliphatic rings. The molecule has 11 nitrogen and oxygen atoms in total. The van der Waals surface area contributed by atoms with Gasteiger partial charge in [0.25, 0.3) is 10.1 Å². The number of phenols is 4. The van der Waals surface area contributed by atoms with Crippen molar-refractivity contribution in [3.63, 3.8) is 0 Å². The molecule has 5 rings (SSSR count). The molecule has 0 heterocycles. The predicted octanol–water partition coefficient (Wildman–Crippen LogP) is 7.73. The maximum absolute atomic E-state index is 11.5. The summed E-state index contributed by atoms with van der Waals surface area (Å²) < 4.78 is 32.4. The zero-order chi connectivity index (χ0) is 29.6. The van der Waals surface area contributed by atoms with Crippen LogP contribution in [0.15, 0.2) is 122 Å². The molecule has 208 valence electrons. The number of aryl methyl sites for hydroxylation is 1. The van der Waals surface area contributed by atoms with Crippen LogP contribution in [0.25, 0.3) is 10.8 Å². The van der Waals surface area contributed by atoms with Gasteiger partial charge in [0.2, 0.25) is 0 Å².